The molecule has 0 radical (unpaired) electrons. The van der Waals surface area contributed by atoms with Gasteiger partial charge in [-0.1, -0.05) is 5.16 Å². The van der Waals surface area contributed by atoms with E-state index in [9.17, 15) is 18.0 Å². The van der Waals surface area contributed by atoms with Gasteiger partial charge in [0.15, 0.2) is 0 Å². The fourth-order valence-electron chi connectivity index (χ4n) is 2.17. The molecule has 0 saturated carbocycles. The molecule has 2 rings (SSSR count). The number of nitrogens with zero attached hydrogens (tertiary/aromatic N) is 2. The second-order valence-corrected chi connectivity index (χ2v) is 4.68. The number of nitrogens with two attached hydrogens (primary N) is 1. The van der Waals surface area contributed by atoms with Crippen LogP contribution in [0.5, 0.6) is 0 Å². The quantitative estimate of drug-likeness (QED) is 0.843. The number of alkyl halides is 3. The zero-order valence-corrected chi connectivity index (χ0v) is 10.3. The van der Waals surface area contributed by atoms with E-state index in [4.69, 9.17) is 10.3 Å². The van der Waals surface area contributed by atoms with E-state index in [1.54, 1.807) is 6.92 Å². The maximum absolute atomic E-state index is 12.9. The van der Waals surface area contributed by atoms with Crippen LogP contribution in [0.15, 0.2) is 10.6 Å². The SMILES string of the molecule is Cc1cc(C(=O)N2C[C@H](N)CC[C@H]2C(F)(F)F)on1. The Balaban J connectivity index is 2.25. The van der Waals surface area contributed by atoms with Gasteiger partial charge in [0, 0.05) is 18.7 Å². The van der Waals surface area contributed by atoms with Crippen molar-refractivity contribution in [3.8, 4) is 0 Å². The average Bonchev–Trinajstić information content (AvgIpc) is 2.73. The molecule has 106 valence electrons. The molecule has 1 fully saturated rings. The van der Waals surface area contributed by atoms with Crippen LogP contribution < -0.4 is 5.73 Å². The molecular formula is C11H14F3N3O2. The third-order valence-corrected chi connectivity index (χ3v) is 3.10. The molecule has 19 heavy (non-hydrogen) atoms. The summed E-state index contributed by atoms with van der Waals surface area (Å²) in [6.07, 6.45) is -4.42. The summed E-state index contributed by atoms with van der Waals surface area (Å²) in [4.78, 5) is 12.8. The molecule has 1 aromatic rings. The van der Waals surface area contributed by atoms with Gasteiger partial charge in [0.2, 0.25) is 5.76 Å². The Morgan fingerprint density at radius 3 is 2.74 bits per heavy atom. The van der Waals surface area contributed by atoms with Crippen LogP contribution >= 0.6 is 0 Å². The van der Waals surface area contributed by atoms with Gasteiger partial charge in [0.1, 0.15) is 6.04 Å². The van der Waals surface area contributed by atoms with Crippen molar-refractivity contribution < 1.29 is 22.5 Å². The Morgan fingerprint density at radius 2 is 2.21 bits per heavy atom. The number of carbonyl (C=O) groups is 1. The van der Waals surface area contributed by atoms with E-state index in [2.05, 4.69) is 5.16 Å². The summed E-state index contributed by atoms with van der Waals surface area (Å²) < 4.78 is 43.5. The molecule has 1 aliphatic heterocycles. The van der Waals surface area contributed by atoms with Crippen LogP contribution in [0.1, 0.15) is 29.1 Å². The first-order valence-corrected chi connectivity index (χ1v) is 5.85. The van der Waals surface area contributed by atoms with Crippen LogP contribution in [0.3, 0.4) is 0 Å². The highest BCUT2D eigenvalue weighted by atomic mass is 19.4. The molecule has 1 aromatic heterocycles. The van der Waals surface area contributed by atoms with Crippen molar-refractivity contribution in [1.82, 2.24) is 10.1 Å². The van der Waals surface area contributed by atoms with Gasteiger partial charge in [-0.15, -0.1) is 0 Å². The van der Waals surface area contributed by atoms with Crippen molar-refractivity contribution in [3.05, 3.63) is 17.5 Å². The van der Waals surface area contributed by atoms with Gasteiger partial charge in [-0.3, -0.25) is 4.79 Å². The summed E-state index contributed by atoms with van der Waals surface area (Å²) in [6, 6.07) is -0.952. The van der Waals surface area contributed by atoms with Crippen LogP contribution in [0.4, 0.5) is 13.2 Å². The number of rotatable bonds is 1. The molecular weight excluding hydrogens is 263 g/mol. The average molecular weight is 277 g/mol. The minimum atomic E-state index is -4.47. The number of aryl methyl sites for hydroxylation is 1. The maximum atomic E-state index is 12.9. The molecule has 0 bridgehead atoms. The van der Waals surface area contributed by atoms with E-state index in [0.29, 0.717) is 5.69 Å². The summed E-state index contributed by atoms with van der Waals surface area (Å²) in [5.74, 6) is -1.01. The summed E-state index contributed by atoms with van der Waals surface area (Å²) in [7, 11) is 0. The van der Waals surface area contributed by atoms with Crippen LogP contribution in [0.25, 0.3) is 0 Å². The maximum Gasteiger partial charge on any atom is 0.408 e. The fourth-order valence-corrected chi connectivity index (χ4v) is 2.17. The first-order valence-electron chi connectivity index (χ1n) is 5.85. The Morgan fingerprint density at radius 1 is 1.53 bits per heavy atom. The first kappa shape index (κ1) is 13.9. The molecule has 0 aliphatic carbocycles. The molecule has 1 aliphatic rings. The van der Waals surface area contributed by atoms with E-state index in [1.165, 1.54) is 6.07 Å². The number of amides is 1. The molecule has 0 unspecified atom stereocenters. The smallest absolute Gasteiger partial charge is 0.351 e. The van der Waals surface area contributed by atoms with Gasteiger partial charge in [-0.2, -0.15) is 13.2 Å². The van der Waals surface area contributed by atoms with E-state index < -0.39 is 24.2 Å². The predicted octanol–water partition coefficient (Wildman–Crippen LogP) is 1.48. The molecule has 5 nitrogen and oxygen atoms in total. The highest BCUT2D eigenvalue weighted by Crippen LogP contribution is 2.32. The van der Waals surface area contributed by atoms with E-state index >= 15 is 0 Å². The topological polar surface area (TPSA) is 72.4 Å². The van der Waals surface area contributed by atoms with Crippen LogP contribution in [-0.4, -0.2) is 40.8 Å². The highest BCUT2D eigenvalue weighted by molar-refractivity contribution is 5.91. The molecule has 0 aromatic carbocycles. The second kappa shape index (κ2) is 4.84. The molecule has 2 N–H and O–H groups in total. The van der Waals surface area contributed by atoms with Crippen molar-refractivity contribution in [2.75, 3.05) is 6.54 Å². The third kappa shape index (κ3) is 2.89. The number of carbonyl (C=O) groups excluding carboxylic acids is 1. The lowest BCUT2D eigenvalue weighted by atomic mass is 9.98. The summed E-state index contributed by atoms with van der Waals surface area (Å²) in [5.41, 5.74) is 6.08. The summed E-state index contributed by atoms with van der Waals surface area (Å²) in [6.45, 7) is 1.45. The molecule has 8 heteroatoms. The Labute approximate surface area is 107 Å². The summed E-state index contributed by atoms with van der Waals surface area (Å²) >= 11 is 0. The molecule has 1 amide bonds. The van der Waals surface area contributed by atoms with Gasteiger partial charge in [-0.25, -0.2) is 0 Å². The Kier molecular flexibility index (Phi) is 3.53. The van der Waals surface area contributed by atoms with Crippen LogP contribution in [-0.2, 0) is 0 Å². The van der Waals surface area contributed by atoms with Gasteiger partial charge in [0.05, 0.1) is 5.69 Å². The lowest BCUT2D eigenvalue weighted by Gasteiger charge is -2.38. The van der Waals surface area contributed by atoms with Gasteiger partial charge >= 0.3 is 6.18 Å². The Bertz CT molecular complexity index is 472. The zero-order chi connectivity index (χ0) is 14.2. The standard InChI is InChI=1S/C11H14F3N3O2/c1-6-4-8(19-16-6)10(18)17-5-7(15)2-3-9(17)11(12,13)14/h4,7,9H,2-3,5,15H2,1H3/t7-,9+/m1/s1. The van der Waals surface area contributed by atoms with Gasteiger partial charge in [-0.05, 0) is 19.8 Å². The minimum Gasteiger partial charge on any atom is -0.351 e. The normalized spacial score (nSPS) is 24.6. The van der Waals surface area contributed by atoms with E-state index in [0.717, 1.165) is 4.90 Å². The fraction of sp³-hybridized carbons (Fsp3) is 0.636. The van der Waals surface area contributed by atoms with Crippen LogP contribution in [0, 0.1) is 6.92 Å². The number of piperidine rings is 1. The lowest BCUT2D eigenvalue weighted by molar-refractivity contribution is -0.184. The predicted molar refractivity (Wildman–Crippen MR) is 59.3 cm³/mol. The van der Waals surface area contributed by atoms with E-state index in [1.807, 2.05) is 0 Å². The van der Waals surface area contributed by atoms with Crippen LogP contribution in [0.2, 0.25) is 0 Å². The molecule has 0 spiro atoms. The number of hydrogen-bond acceptors (Lipinski definition) is 4. The summed E-state index contributed by atoms with van der Waals surface area (Å²) in [5, 5.41) is 3.50. The number of halogens is 3. The minimum absolute atomic E-state index is 0.136. The highest BCUT2D eigenvalue weighted by Gasteiger charge is 2.48. The molecule has 2 atom stereocenters. The molecule has 1 saturated heterocycles. The molecule has 2 heterocycles. The van der Waals surface area contributed by atoms with Crippen molar-refractivity contribution >= 4 is 5.91 Å². The third-order valence-electron chi connectivity index (χ3n) is 3.10. The lowest BCUT2D eigenvalue weighted by Crippen LogP contribution is -2.56. The van der Waals surface area contributed by atoms with E-state index in [-0.39, 0.29) is 25.1 Å². The van der Waals surface area contributed by atoms with Gasteiger partial charge < -0.3 is 15.2 Å². The van der Waals surface area contributed by atoms with Crippen molar-refractivity contribution in [2.45, 2.75) is 38.0 Å². The van der Waals surface area contributed by atoms with Crippen molar-refractivity contribution in [1.29, 1.82) is 0 Å². The Hall–Kier alpha value is -1.57. The monoisotopic (exact) mass is 277 g/mol. The number of likely N-dealkylation sites (tertiary alicyclic amines) is 1. The van der Waals surface area contributed by atoms with Crippen molar-refractivity contribution in [2.24, 2.45) is 5.73 Å². The van der Waals surface area contributed by atoms with Crippen molar-refractivity contribution in [3.63, 3.8) is 0 Å². The number of aromatic nitrogens is 1. The first-order chi connectivity index (χ1) is 8.79. The second-order valence-electron chi connectivity index (χ2n) is 4.68. The van der Waals surface area contributed by atoms with Gasteiger partial charge in [0.25, 0.3) is 5.91 Å². The zero-order valence-electron chi connectivity index (χ0n) is 10.3. The largest absolute Gasteiger partial charge is 0.408 e. The number of hydrogen-bond donors (Lipinski definition) is 1.